The number of nitrogens with zero attached hydrogens (tertiary/aromatic N) is 1. The number of hydrogen-bond acceptors (Lipinski definition) is 3. The van der Waals surface area contributed by atoms with Gasteiger partial charge in [0.1, 0.15) is 23.8 Å². The van der Waals surface area contributed by atoms with E-state index in [9.17, 15) is 4.39 Å². The Morgan fingerprint density at radius 1 is 1.00 bits per heavy atom. The van der Waals surface area contributed by atoms with Crippen LogP contribution in [0.1, 0.15) is 69.9 Å². The molecule has 0 aromatic heterocycles. The van der Waals surface area contributed by atoms with Crippen molar-refractivity contribution >= 4 is 11.4 Å². The molecular formula is C37H39FN2O. The number of halogens is 1. The molecule has 2 aromatic carbocycles. The van der Waals surface area contributed by atoms with Crippen molar-refractivity contribution in [3.63, 3.8) is 0 Å². The molecule has 5 aliphatic rings. The first kappa shape index (κ1) is 26.1. The van der Waals surface area contributed by atoms with E-state index in [0.717, 1.165) is 24.3 Å². The van der Waals surface area contributed by atoms with E-state index in [1.165, 1.54) is 39.2 Å². The van der Waals surface area contributed by atoms with Gasteiger partial charge in [-0.1, -0.05) is 82.3 Å². The molecule has 4 atom stereocenters. The molecule has 0 fully saturated rings. The molecule has 210 valence electrons. The summed E-state index contributed by atoms with van der Waals surface area (Å²) in [4.78, 5) is 2.57. The van der Waals surface area contributed by atoms with Gasteiger partial charge in [0.2, 0.25) is 0 Å². The van der Waals surface area contributed by atoms with E-state index in [1.807, 2.05) is 6.08 Å². The highest BCUT2D eigenvalue weighted by molar-refractivity contribution is 5.82. The Balaban J connectivity index is 1.27. The van der Waals surface area contributed by atoms with Crippen molar-refractivity contribution in [3.05, 3.63) is 124 Å². The van der Waals surface area contributed by atoms with Crippen LogP contribution in [0.15, 0.2) is 113 Å². The molecule has 0 bridgehead atoms. The molecule has 0 radical (unpaired) electrons. The first-order valence-corrected chi connectivity index (χ1v) is 15.2. The predicted molar refractivity (Wildman–Crippen MR) is 167 cm³/mol. The van der Waals surface area contributed by atoms with E-state index in [1.54, 1.807) is 12.2 Å². The first-order chi connectivity index (χ1) is 19.9. The Morgan fingerprint density at radius 3 is 2.63 bits per heavy atom. The van der Waals surface area contributed by atoms with Gasteiger partial charge in [0.05, 0.1) is 11.4 Å². The summed E-state index contributed by atoms with van der Waals surface area (Å²) in [6.07, 6.45) is 17.2. The van der Waals surface area contributed by atoms with Crippen molar-refractivity contribution in [1.29, 1.82) is 0 Å². The van der Waals surface area contributed by atoms with Crippen LogP contribution < -0.4 is 15.0 Å². The molecular weight excluding hydrogens is 507 g/mol. The largest absolute Gasteiger partial charge is 0.485 e. The van der Waals surface area contributed by atoms with Gasteiger partial charge in [-0.15, -0.1) is 0 Å². The third kappa shape index (κ3) is 4.39. The fourth-order valence-corrected chi connectivity index (χ4v) is 7.27. The Kier molecular flexibility index (Phi) is 6.53. The van der Waals surface area contributed by atoms with Crippen LogP contribution in [0.4, 0.5) is 15.8 Å². The fourth-order valence-electron chi connectivity index (χ4n) is 7.27. The molecule has 3 aliphatic carbocycles. The van der Waals surface area contributed by atoms with Gasteiger partial charge in [-0.25, -0.2) is 4.39 Å². The second-order valence-corrected chi connectivity index (χ2v) is 12.5. The second-order valence-electron chi connectivity index (χ2n) is 12.5. The molecule has 4 unspecified atom stereocenters. The second kappa shape index (κ2) is 10.2. The van der Waals surface area contributed by atoms with E-state index in [2.05, 4.69) is 105 Å². The van der Waals surface area contributed by atoms with Gasteiger partial charge in [0, 0.05) is 28.7 Å². The minimum absolute atomic E-state index is 0.0444. The minimum Gasteiger partial charge on any atom is -0.485 e. The molecule has 0 amide bonds. The Labute approximate surface area is 243 Å². The lowest BCUT2D eigenvalue weighted by molar-refractivity contribution is 0.248. The zero-order valence-corrected chi connectivity index (χ0v) is 24.4. The standard InChI is InChI=1S/C37H39FN2O/c1-22(2)27-9-7-10-28(23(3)4)35(27)40-33-14-6-5-13-32(33)39-37(40)31-12-8-11-30-29-20-17-25(21-34(29)41-36(30)31)24-15-18-26(38)19-16-24/h5-6,8-9,11-15,17-24,30,36-37,39H,7,10,16H2,1-4H3. The van der Waals surface area contributed by atoms with Crippen LogP contribution >= 0.6 is 0 Å². The third-order valence-corrected chi connectivity index (χ3v) is 9.34. The first-order valence-electron chi connectivity index (χ1n) is 15.2. The maximum Gasteiger partial charge on any atom is 0.134 e. The van der Waals surface area contributed by atoms with Gasteiger partial charge in [-0.2, -0.15) is 0 Å². The van der Waals surface area contributed by atoms with Gasteiger partial charge >= 0.3 is 0 Å². The number of allylic oxidation sites excluding steroid dienone is 9. The molecule has 41 heavy (non-hydrogen) atoms. The molecule has 0 saturated carbocycles. The zero-order chi connectivity index (χ0) is 28.2. The summed E-state index contributed by atoms with van der Waals surface area (Å²) in [6, 6.07) is 15.3. The van der Waals surface area contributed by atoms with Crippen molar-refractivity contribution in [1.82, 2.24) is 0 Å². The summed E-state index contributed by atoms with van der Waals surface area (Å²) in [6.45, 7) is 9.31. The predicted octanol–water partition coefficient (Wildman–Crippen LogP) is 9.47. The molecule has 2 aromatic rings. The zero-order valence-electron chi connectivity index (χ0n) is 24.4. The summed E-state index contributed by atoms with van der Waals surface area (Å²) in [5.41, 5.74) is 10.4. The summed E-state index contributed by atoms with van der Waals surface area (Å²) in [5, 5.41) is 3.91. The normalized spacial score (nSPS) is 26.3. The van der Waals surface area contributed by atoms with Crippen molar-refractivity contribution in [2.45, 2.75) is 71.1 Å². The van der Waals surface area contributed by atoms with Gasteiger partial charge in [0.15, 0.2) is 0 Å². The molecule has 1 N–H and O–H groups in total. The van der Waals surface area contributed by atoms with Crippen LogP contribution in [0.5, 0.6) is 5.75 Å². The minimum atomic E-state index is -0.150. The third-order valence-electron chi connectivity index (χ3n) is 9.34. The Morgan fingerprint density at radius 2 is 1.85 bits per heavy atom. The van der Waals surface area contributed by atoms with Crippen molar-refractivity contribution in [3.8, 4) is 5.75 Å². The lowest BCUT2D eigenvalue weighted by Gasteiger charge is -2.39. The molecule has 0 spiro atoms. The molecule has 0 saturated heterocycles. The van der Waals surface area contributed by atoms with E-state index < -0.39 is 0 Å². The summed E-state index contributed by atoms with van der Waals surface area (Å²) in [7, 11) is 0. The number of anilines is 2. The highest BCUT2D eigenvalue weighted by Gasteiger charge is 2.45. The van der Waals surface area contributed by atoms with Gasteiger partial charge in [0.25, 0.3) is 0 Å². The number of para-hydroxylation sites is 2. The number of rotatable bonds is 5. The van der Waals surface area contributed by atoms with Crippen LogP contribution in [0.25, 0.3) is 0 Å². The van der Waals surface area contributed by atoms with Gasteiger partial charge in [-0.05, 0) is 78.2 Å². The molecule has 3 nitrogen and oxygen atoms in total. The van der Waals surface area contributed by atoms with Gasteiger partial charge < -0.3 is 15.0 Å². The number of hydrogen-bond donors (Lipinski definition) is 1. The highest BCUT2D eigenvalue weighted by atomic mass is 19.1. The van der Waals surface area contributed by atoms with Crippen molar-refractivity contribution in [2.75, 3.05) is 10.2 Å². The highest BCUT2D eigenvalue weighted by Crippen LogP contribution is 2.51. The van der Waals surface area contributed by atoms with Crippen molar-refractivity contribution in [2.24, 2.45) is 11.8 Å². The Bertz CT molecular complexity index is 1570. The topological polar surface area (TPSA) is 24.5 Å². The average Bonchev–Trinajstić information content (AvgIpc) is 3.55. The average molecular weight is 547 g/mol. The SMILES string of the molecule is CC(C)C1=CCCC(C(C)C)=C1N1c2ccccc2NC1C1=CC=CC2c3ccc(C4C=CC(F)=CC4)cc3OC12. The lowest BCUT2D eigenvalue weighted by atomic mass is 9.82. The van der Waals surface area contributed by atoms with Crippen LogP contribution in [-0.2, 0) is 0 Å². The van der Waals surface area contributed by atoms with E-state index in [0.29, 0.717) is 18.3 Å². The lowest BCUT2D eigenvalue weighted by Crippen LogP contribution is -2.44. The number of ether oxygens (including phenoxy) is 1. The van der Waals surface area contributed by atoms with Crippen LogP contribution in [0, 0.1) is 11.8 Å². The smallest absolute Gasteiger partial charge is 0.134 e. The summed E-state index contributed by atoms with van der Waals surface area (Å²) >= 11 is 0. The fraction of sp³-hybridized carbons (Fsp3) is 0.351. The van der Waals surface area contributed by atoms with E-state index in [4.69, 9.17) is 4.74 Å². The molecule has 2 aliphatic heterocycles. The van der Waals surface area contributed by atoms with E-state index >= 15 is 0 Å². The molecule has 7 rings (SSSR count). The van der Waals surface area contributed by atoms with Crippen LogP contribution in [-0.4, -0.2) is 12.3 Å². The number of benzene rings is 2. The van der Waals surface area contributed by atoms with Crippen molar-refractivity contribution < 1.29 is 9.13 Å². The van der Waals surface area contributed by atoms with Crippen LogP contribution in [0.3, 0.4) is 0 Å². The van der Waals surface area contributed by atoms with E-state index in [-0.39, 0.29) is 29.9 Å². The monoisotopic (exact) mass is 546 g/mol. The maximum atomic E-state index is 13.6. The summed E-state index contributed by atoms with van der Waals surface area (Å²) < 4.78 is 20.4. The molecule has 4 heteroatoms. The summed E-state index contributed by atoms with van der Waals surface area (Å²) in [5.74, 6) is 2.04. The maximum absolute atomic E-state index is 13.6. The molecule has 2 heterocycles. The quantitative estimate of drug-likeness (QED) is 0.404. The number of nitrogens with one attached hydrogen (secondary N) is 1. The Hall–Kier alpha value is -3.79. The van der Waals surface area contributed by atoms with Crippen LogP contribution in [0.2, 0.25) is 0 Å². The number of fused-ring (bicyclic) bond motifs is 4. The van der Waals surface area contributed by atoms with Gasteiger partial charge in [-0.3, -0.25) is 0 Å².